The maximum Gasteiger partial charge on any atom is 0.407 e. The second kappa shape index (κ2) is 31.5. The summed E-state index contributed by atoms with van der Waals surface area (Å²) in [6.07, 6.45) is 34.4. The molecule has 0 radical (unpaired) electrons. The van der Waals surface area contributed by atoms with Crippen molar-refractivity contribution < 1.29 is 19.0 Å². The van der Waals surface area contributed by atoms with Crippen LogP contribution < -0.4 is 5.32 Å². The van der Waals surface area contributed by atoms with Crippen LogP contribution in [0.5, 0.6) is 0 Å². The highest BCUT2D eigenvalue weighted by Crippen LogP contribution is 2.19. The van der Waals surface area contributed by atoms with Crippen molar-refractivity contribution in [3.05, 3.63) is 0 Å². The van der Waals surface area contributed by atoms with Crippen LogP contribution >= 0.6 is 0 Å². The maximum absolute atomic E-state index is 12.7. The van der Waals surface area contributed by atoms with E-state index in [9.17, 15) is 4.79 Å². The van der Waals surface area contributed by atoms with Gasteiger partial charge in [-0.1, -0.05) is 149 Å². The summed E-state index contributed by atoms with van der Waals surface area (Å²) in [5, 5.41) is 2.99. The lowest BCUT2D eigenvalue weighted by atomic mass is 10.0. The van der Waals surface area contributed by atoms with Gasteiger partial charge in [0.15, 0.2) is 0 Å². The van der Waals surface area contributed by atoms with Crippen molar-refractivity contribution in [2.45, 2.75) is 239 Å². The van der Waals surface area contributed by atoms with E-state index in [1.165, 1.54) is 135 Å². The highest BCUT2D eigenvalue weighted by molar-refractivity contribution is 5.67. The van der Waals surface area contributed by atoms with E-state index in [2.05, 4.69) is 53.8 Å². The van der Waals surface area contributed by atoms with Gasteiger partial charge >= 0.3 is 6.09 Å². The molecule has 1 N–H and O–H groups in total. The van der Waals surface area contributed by atoms with Crippen molar-refractivity contribution in [3.63, 3.8) is 0 Å². The van der Waals surface area contributed by atoms with Crippen molar-refractivity contribution in [1.82, 2.24) is 5.32 Å². The topological polar surface area (TPSA) is 56.8 Å². The number of nitrogens with one attached hydrogen (secondary N) is 1. The molecule has 0 aliphatic heterocycles. The third kappa shape index (κ3) is 34.5. The molecule has 0 heterocycles. The molecule has 0 rings (SSSR count). The van der Waals surface area contributed by atoms with Crippen molar-refractivity contribution in [1.29, 1.82) is 0 Å². The Kier molecular flexibility index (Phi) is 30.9. The summed E-state index contributed by atoms with van der Waals surface area (Å²) in [7, 11) is 0. The highest BCUT2D eigenvalue weighted by Gasteiger charge is 2.20. The monoisotopic (exact) mass is 654 g/mol. The van der Waals surface area contributed by atoms with Crippen LogP contribution in [0.1, 0.15) is 222 Å². The fraction of sp³-hybridized carbons (Fsp3) is 0.976. The van der Waals surface area contributed by atoms with E-state index in [4.69, 9.17) is 14.2 Å². The molecule has 5 heteroatoms. The molecule has 0 aromatic carbocycles. The van der Waals surface area contributed by atoms with E-state index in [0.717, 1.165) is 38.5 Å². The number of hydrogen-bond acceptors (Lipinski definition) is 4. The Morgan fingerprint density at radius 3 is 1.30 bits per heavy atom. The summed E-state index contributed by atoms with van der Waals surface area (Å²) < 4.78 is 17.9. The van der Waals surface area contributed by atoms with Crippen molar-refractivity contribution >= 4 is 6.09 Å². The summed E-state index contributed by atoms with van der Waals surface area (Å²) >= 11 is 0. The maximum atomic E-state index is 12.7. The zero-order valence-corrected chi connectivity index (χ0v) is 32.4. The number of alkyl carbamates (subject to hydrolysis) is 1. The molecule has 276 valence electrons. The normalized spacial score (nSPS) is 12.8. The summed E-state index contributed by atoms with van der Waals surface area (Å²) in [6.45, 7) is 16.9. The van der Waals surface area contributed by atoms with E-state index in [1.807, 2.05) is 0 Å². The van der Waals surface area contributed by atoms with Gasteiger partial charge in [0.25, 0.3) is 0 Å². The van der Waals surface area contributed by atoms with Crippen molar-refractivity contribution in [2.24, 2.45) is 0 Å². The Morgan fingerprint density at radius 2 is 0.913 bits per heavy atom. The summed E-state index contributed by atoms with van der Waals surface area (Å²) in [4.78, 5) is 12.7. The van der Waals surface area contributed by atoms with E-state index in [0.29, 0.717) is 19.8 Å². The van der Waals surface area contributed by atoms with E-state index in [-0.39, 0.29) is 23.4 Å². The van der Waals surface area contributed by atoms with Gasteiger partial charge in [-0.3, -0.25) is 0 Å². The lowest BCUT2D eigenvalue weighted by Crippen LogP contribution is -2.32. The van der Waals surface area contributed by atoms with E-state index in [1.54, 1.807) is 0 Å². The van der Waals surface area contributed by atoms with Gasteiger partial charge in [0.2, 0.25) is 0 Å². The van der Waals surface area contributed by atoms with Gasteiger partial charge in [0.1, 0.15) is 6.10 Å². The predicted molar refractivity (Wildman–Crippen MR) is 200 cm³/mol. The minimum atomic E-state index is -0.259. The fourth-order valence-corrected chi connectivity index (χ4v) is 5.99. The molecule has 1 atom stereocenters. The number of hydrogen-bond donors (Lipinski definition) is 1. The number of carbonyl (C=O) groups excluding carboxylic acids is 1. The third-order valence-electron chi connectivity index (χ3n) is 9.11. The fourth-order valence-electron chi connectivity index (χ4n) is 5.99. The number of carbonyl (C=O) groups is 1. The average Bonchev–Trinajstić information content (AvgIpc) is 2.99. The average molecular weight is 654 g/mol. The summed E-state index contributed by atoms with van der Waals surface area (Å²) in [5.41, 5.74) is -0.363. The molecule has 0 spiro atoms. The van der Waals surface area contributed by atoms with Crippen LogP contribution in [0.4, 0.5) is 4.79 Å². The first-order valence-electron chi connectivity index (χ1n) is 20.3. The minimum absolute atomic E-state index is 0.0414. The molecule has 46 heavy (non-hydrogen) atoms. The van der Waals surface area contributed by atoms with Crippen molar-refractivity contribution in [2.75, 3.05) is 19.8 Å². The third-order valence-corrected chi connectivity index (χ3v) is 9.11. The zero-order valence-electron chi connectivity index (χ0n) is 32.4. The Hall–Kier alpha value is -0.810. The first-order chi connectivity index (χ1) is 22.1. The van der Waals surface area contributed by atoms with Crippen LogP contribution in [-0.4, -0.2) is 43.2 Å². The Labute approximate surface area is 288 Å². The van der Waals surface area contributed by atoms with Crippen molar-refractivity contribution in [3.8, 4) is 0 Å². The number of rotatable bonds is 34. The molecule has 5 nitrogen and oxygen atoms in total. The van der Waals surface area contributed by atoms with Gasteiger partial charge in [-0.05, 0) is 73.1 Å². The standard InChI is InChI=1S/C41H83NO4/c1-8-10-12-14-16-18-20-22-24-26-28-30-33-38(32-29-27-25-23-21-19-17-15-13-11-9-2)46-39(43)42-35-31-36-45-41(6,7)34-37-44-40(3,4)5/h38H,8-37H2,1-7H3,(H,42,43). The SMILES string of the molecule is CCCCCCCCCCCCCCC(CCCCCCCCCCCCC)OC(=O)NCCCOC(C)(C)CCOC(C)(C)C. The summed E-state index contributed by atoms with van der Waals surface area (Å²) in [6, 6.07) is 0. The smallest absolute Gasteiger partial charge is 0.407 e. The van der Waals surface area contributed by atoms with Gasteiger partial charge in [-0.15, -0.1) is 0 Å². The molecule has 0 saturated carbocycles. The molecule has 1 amide bonds. The highest BCUT2D eigenvalue weighted by atomic mass is 16.6. The molecule has 0 aliphatic carbocycles. The molecule has 1 unspecified atom stereocenters. The van der Waals surface area contributed by atoms with Gasteiger partial charge < -0.3 is 19.5 Å². The molecule has 0 bridgehead atoms. The van der Waals surface area contributed by atoms with Gasteiger partial charge in [0, 0.05) is 19.8 Å². The quantitative estimate of drug-likeness (QED) is 0.0702. The molecular weight excluding hydrogens is 570 g/mol. The van der Waals surface area contributed by atoms with Crippen LogP contribution in [0.3, 0.4) is 0 Å². The lowest BCUT2D eigenvalue weighted by Gasteiger charge is -2.28. The minimum Gasteiger partial charge on any atom is -0.446 e. The number of ether oxygens (including phenoxy) is 3. The van der Waals surface area contributed by atoms with Crippen LogP contribution in [0.15, 0.2) is 0 Å². The second-order valence-corrected chi connectivity index (χ2v) is 15.6. The largest absolute Gasteiger partial charge is 0.446 e. The van der Waals surface area contributed by atoms with Crippen LogP contribution in [0.25, 0.3) is 0 Å². The molecule has 0 aliphatic rings. The predicted octanol–water partition coefficient (Wildman–Crippen LogP) is 13.3. The first kappa shape index (κ1) is 45.2. The Bertz CT molecular complexity index is 645. The molecular formula is C41H83NO4. The van der Waals surface area contributed by atoms with Gasteiger partial charge in [-0.2, -0.15) is 0 Å². The van der Waals surface area contributed by atoms with E-state index < -0.39 is 0 Å². The molecule has 0 saturated heterocycles. The summed E-state index contributed by atoms with van der Waals surface area (Å²) in [5.74, 6) is 0. The molecule has 0 aromatic rings. The van der Waals surface area contributed by atoms with Gasteiger partial charge in [-0.25, -0.2) is 4.79 Å². The van der Waals surface area contributed by atoms with Crippen LogP contribution in [0, 0.1) is 0 Å². The van der Waals surface area contributed by atoms with Crippen LogP contribution in [-0.2, 0) is 14.2 Å². The Morgan fingerprint density at radius 1 is 0.522 bits per heavy atom. The lowest BCUT2D eigenvalue weighted by molar-refractivity contribution is -0.0667. The number of amides is 1. The second-order valence-electron chi connectivity index (χ2n) is 15.6. The molecule has 0 fully saturated rings. The number of unbranched alkanes of at least 4 members (excludes halogenated alkanes) is 21. The van der Waals surface area contributed by atoms with E-state index >= 15 is 0 Å². The zero-order chi connectivity index (χ0) is 34.2. The van der Waals surface area contributed by atoms with Crippen LogP contribution in [0.2, 0.25) is 0 Å². The molecule has 0 aromatic heterocycles. The Balaban J connectivity index is 4.26. The van der Waals surface area contributed by atoms with Gasteiger partial charge in [0.05, 0.1) is 11.2 Å². The first-order valence-corrected chi connectivity index (χ1v) is 20.3.